The number of nitrogens with two attached hydrogens (primary N) is 2. The lowest BCUT2D eigenvalue weighted by Gasteiger charge is -2.03. The Morgan fingerprint density at radius 3 is 1.38 bits per heavy atom. The van der Waals surface area contributed by atoms with Crippen LogP contribution in [0.5, 0.6) is 0 Å². The van der Waals surface area contributed by atoms with E-state index in [4.69, 9.17) is 11.5 Å². The zero-order chi connectivity index (χ0) is 9.97. The average Bonchev–Trinajstić information content (AvgIpc) is 2.18. The lowest BCUT2D eigenvalue weighted by Crippen LogP contribution is -1.87. The maximum atomic E-state index is 5.70. The number of hydrogen-bond acceptors (Lipinski definition) is 3. The van der Waals surface area contributed by atoms with E-state index in [1.165, 1.54) is 0 Å². The van der Waals surface area contributed by atoms with Crippen molar-refractivity contribution in [2.45, 2.75) is 0 Å². The Morgan fingerprint density at radius 1 is 0.688 bits per heavy atom. The molecule has 0 fully saturated rings. The van der Waals surface area contributed by atoms with Gasteiger partial charge in [-0.15, -0.1) is 12.4 Å². The third-order valence-electron chi connectivity index (χ3n) is 2.11. The molecule has 0 unspecified atom stereocenters. The summed E-state index contributed by atoms with van der Waals surface area (Å²) in [7, 11) is 0. The molecule has 0 bridgehead atoms. The number of nitrogen functional groups attached to an aromatic ring is 2. The topological polar surface area (TPSA) is 87.0 Å². The van der Waals surface area contributed by atoms with Gasteiger partial charge in [-0.3, -0.25) is 0 Å². The molecule has 7 N–H and O–H groups in total. The van der Waals surface area contributed by atoms with Gasteiger partial charge in [-0.05, 0) is 35.4 Å². The number of benzene rings is 2. The summed E-state index contributed by atoms with van der Waals surface area (Å²) in [5.41, 5.74) is 15.1. The van der Waals surface area contributed by atoms with E-state index >= 15 is 0 Å². The first-order chi connectivity index (χ1) is 6.75. The van der Waals surface area contributed by atoms with Gasteiger partial charge in [-0.25, -0.2) is 0 Å². The van der Waals surface area contributed by atoms with Crippen LogP contribution in [0.4, 0.5) is 11.4 Å². The minimum absolute atomic E-state index is 0. The fourth-order valence-electron chi connectivity index (χ4n) is 1.44. The monoisotopic (exact) mass is 237 g/mol. The molecule has 0 spiro atoms. The highest BCUT2D eigenvalue weighted by molar-refractivity contribution is 5.85. The van der Waals surface area contributed by atoms with Gasteiger partial charge in [0.2, 0.25) is 0 Å². The van der Waals surface area contributed by atoms with Crippen molar-refractivity contribution in [1.82, 2.24) is 6.15 Å². The van der Waals surface area contributed by atoms with Crippen LogP contribution < -0.4 is 17.6 Å². The van der Waals surface area contributed by atoms with E-state index in [1.54, 1.807) is 0 Å². The Labute approximate surface area is 101 Å². The van der Waals surface area contributed by atoms with E-state index < -0.39 is 0 Å². The van der Waals surface area contributed by atoms with Crippen molar-refractivity contribution in [3.63, 3.8) is 0 Å². The predicted molar refractivity (Wildman–Crippen MR) is 73.0 cm³/mol. The number of rotatable bonds is 1. The SMILES string of the molecule is Cl.N.Nc1cccc(-c2cccc(N)c2)c1. The molecule has 86 valence electrons. The Bertz CT molecular complexity index is 414. The number of anilines is 2. The van der Waals surface area contributed by atoms with Crippen LogP contribution in [0.1, 0.15) is 0 Å². The van der Waals surface area contributed by atoms with Crippen LogP contribution in [0.15, 0.2) is 48.5 Å². The standard InChI is InChI=1S/C12H12N2.ClH.H3N/c13-11-5-1-3-9(7-11)10-4-2-6-12(14)8-10;;/h1-8H,13-14H2;1H;1H3. The molecule has 2 rings (SSSR count). The molecule has 0 aromatic heterocycles. The summed E-state index contributed by atoms with van der Waals surface area (Å²) in [6, 6.07) is 15.5. The minimum atomic E-state index is 0. The van der Waals surface area contributed by atoms with Gasteiger partial charge in [0, 0.05) is 11.4 Å². The van der Waals surface area contributed by atoms with Crippen molar-refractivity contribution in [3.8, 4) is 11.1 Å². The summed E-state index contributed by atoms with van der Waals surface area (Å²) in [5.74, 6) is 0. The number of hydrogen-bond donors (Lipinski definition) is 3. The Morgan fingerprint density at radius 2 is 1.06 bits per heavy atom. The molecule has 0 aliphatic carbocycles. The maximum Gasteiger partial charge on any atom is 0.0320 e. The van der Waals surface area contributed by atoms with Crippen LogP contribution >= 0.6 is 12.4 Å². The highest BCUT2D eigenvalue weighted by atomic mass is 35.5. The van der Waals surface area contributed by atoms with E-state index in [1.807, 2.05) is 48.5 Å². The summed E-state index contributed by atoms with van der Waals surface area (Å²) < 4.78 is 0. The van der Waals surface area contributed by atoms with Gasteiger partial charge < -0.3 is 17.6 Å². The molecule has 0 amide bonds. The van der Waals surface area contributed by atoms with Crippen molar-refractivity contribution in [1.29, 1.82) is 0 Å². The van der Waals surface area contributed by atoms with Crippen LogP contribution in [-0.4, -0.2) is 0 Å². The number of halogens is 1. The molecule has 0 atom stereocenters. The van der Waals surface area contributed by atoms with Crippen molar-refractivity contribution >= 4 is 23.8 Å². The second-order valence-corrected chi connectivity index (χ2v) is 3.25. The van der Waals surface area contributed by atoms with E-state index in [0.717, 1.165) is 22.5 Å². The Balaban J connectivity index is 0.00000112. The quantitative estimate of drug-likeness (QED) is 0.666. The van der Waals surface area contributed by atoms with Crippen LogP contribution in [0.3, 0.4) is 0 Å². The summed E-state index contributed by atoms with van der Waals surface area (Å²) in [5, 5.41) is 0. The summed E-state index contributed by atoms with van der Waals surface area (Å²) in [6.07, 6.45) is 0. The third kappa shape index (κ3) is 3.15. The average molecular weight is 238 g/mol. The summed E-state index contributed by atoms with van der Waals surface area (Å²) >= 11 is 0. The van der Waals surface area contributed by atoms with Gasteiger partial charge in [0.25, 0.3) is 0 Å². The molecule has 0 radical (unpaired) electrons. The Kier molecular flexibility index (Phi) is 5.36. The van der Waals surface area contributed by atoms with Gasteiger partial charge in [0.15, 0.2) is 0 Å². The van der Waals surface area contributed by atoms with Gasteiger partial charge in [-0.2, -0.15) is 0 Å². The lowest BCUT2D eigenvalue weighted by atomic mass is 10.0. The molecule has 16 heavy (non-hydrogen) atoms. The lowest BCUT2D eigenvalue weighted by molar-refractivity contribution is 1.61. The van der Waals surface area contributed by atoms with Crippen LogP contribution in [-0.2, 0) is 0 Å². The molecule has 0 saturated heterocycles. The fraction of sp³-hybridized carbons (Fsp3) is 0. The highest BCUT2D eigenvalue weighted by Gasteiger charge is 1.97. The predicted octanol–water partition coefficient (Wildman–Crippen LogP) is 3.10. The minimum Gasteiger partial charge on any atom is -0.399 e. The summed E-state index contributed by atoms with van der Waals surface area (Å²) in [6.45, 7) is 0. The molecule has 2 aromatic carbocycles. The molecular formula is C12H16ClN3. The first kappa shape index (κ1) is 14.3. The molecule has 4 heteroatoms. The second-order valence-electron chi connectivity index (χ2n) is 3.25. The second kappa shape index (κ2) is 6.00. The van der Waals surface area contributed by atoms with E-state index in [2.05, 4.69) is 0 Å². The molecule has 0 aliphatic rings. The smallest absolute Gasteiger partial charge is 0.0320 e. The summed E-state index contributed by atoms with van der Waals surface area (Å²) in [4.78, 5) is 0. The third-order valence-corrected chi connectivity index (χ3v) is 2.11. The first-order valence-corrected chi connectivity index (χ1v) is 4.47. The molecule has 0 saturated carbocycles. The fourth-order valence-corrected chi connectivity index (χ4v) is 1.44. The van der Waals surface area contributed by atoms with Gasteiger partial charge in [-0.1, -0.05) is 24.3 Å². The van der Waals surface area contributed by atoms with Crippen molar-refractivity contribution in [3.05, 3.63) is 48.5 Å². The largest absolute Gasteiger partial charge is 0.399 e. The zero-order valence-electron chi connectivity index (χ0n) is 8.89. The van der Waals surface area contributed by atoms with Crippen molar-refractivity contribution in [2.75, 3.05) is 11.5 Å². The van der Waals surface area contributed by atoms with Crippen LogP contribution in [0.2, 0.25) is 0 Å². The maximum absolute atomic E-state index is 5.70. The van der Waals surface area contributed by atoms with Crippen LogP contribution in [0, 0.1) is 0 Å². The Hall–Kier alpha value is -1.71. The highest BCUT2D eigenvalue weighted by Crippen LogP contribution is 2.22. The van der Waals surface area contributed by atoms with Gasteiger partial charge in [0.05, 0.1) is 0 Å². The molecule has 3 nitrogen and oxygen atoms in total. The van der Waals surface area contributed by atoms with E-state index in [0.29, 0.717) is 0 Å². The molecule has 0 aliphatic heterocycles. The van der Waals surface area contributed by atoms with Crippen LogP contribution in [0.25, 0.3) is 11.1 Å². The molecule has 0 heterocycles. The molecular weight excluding hydrogens is 222 g/mol. The molecule has 2 aromatic rings. The van der Waals surface area contributed by atoms with Crippen molar-refractivity contribution < 1.29 is 0 Å². The first-order valence-electron chi connectivity index (χ1n) is 4.47. The van der Waals surface area contributed by atoms with Gasteiger partial charge >= 0.3 is 0 Å². The van der Waals surface area contributed by atoms with E-state index in [9.17, 15) is 0 Å². The zero-order valence-corrected chi connectivity index (χ0v) is 9.71. The van der Waals surface area contributed by atoms with E-state index in [-0.39, 0.29) is 18.6 Å². The van der Waals surface area contributed by atoms with Crippen molar-refractivity contribution in [2.24, 2.45) is 0 Å². The van der Waals surface area contributed by atoms with Gasteiger partial charge in [0.1, 0.15) is 0 Å². The normalized spacial score (nSPS) is 8.75.